The van der Waals surface area contributed by atoms with Crippen LogP contribution in [0.4, 0.5) is 20.2 Å². The molecule has 0 bridgehead atoms. The van der Waals surface area contributed by atoms with Gasteiger partial charge in [0.15, 0.2) is 0 Å². The lowest BCUT2D eigenvalue weighted by Crippen LogP contribution is -2.61. The van der Waals surface area contributed by atoms with Crippen molar-refractivity contribution in [2.75, 3.05) is 101 Å². The third kappa shape index (κ3) is 15.8. The molecule has 0 radical (unpaired) electrons. The van der Waals surface area contributed by atoms with Crippen LogP contribution in [0, 0.1) is 23.5 Å². The van der Waals surface area contributed by atoms with E-state index < -0.39 is 10.8 Å². The second-order valence-electron chi connectivity index (χ2n) is 28.2. The smallest absolute Gasteiger partial charge is 0.251 e. The number of hydrogen-bond acceptors (Lipinski definition) is 12. The van der Waals surface area contributed by atoms with Crippen LogP contribution in [-0.4, -0.2) is 169 Å². The number of piperidine rings is 2. The maximum Gasteiger partial charge on any atom is 0.251 e. The van der Waals surface area contributed by atoms with Crippen molar-refractivity contribution in [3.05, 3.63) is 162 Å². The third-order valence-electron chi connectivity index (χ3n) is 19.9. The minimum atomic E-state index is -0.431. The molecule has 11 rings (SSSR count). The molecule has 20 heteroatoms. The van der Waals surface area contributed by atoms with E-state index >= 15 is 0 Å². The van der Waals surface area contributed by atoms with Crippen LogP contribution >= 0.6 is 0 Å². The summed E-state index contributed by atoms with van der Waals surface area (Å²) in [5.74, 6) is 0.0186. The van der Waals surface area contributed by atoms with Crippen LogP contribution in [0.15, 0.2) is 94.5 Å². The predicted octanol–water partition coefficient (Wildman–Crippen LogP) is 5.93. The van der Waals surface area contributed by atoms with Crippen molar-refractivity contribution in [3.63, 3.8) is 0 Å². The number of rotatable bonds is 20. The summed E-state index contributed by atoms with van der Waals surface area (Å²) in [6, 6.07) is 24.8. The molecule has 482 valence electrons. The first kappa shape index (κ1) is 64.6. The molecule has 5 aromatic rings. The van der Waals surface area contributed by atoms with Crippen molar-refractivity contribution in [1.82, 2.24) is 50.8 Å². The molecule has 2 aromatic heterocycles. The van der Waals surface area contributed by atoms with Crippen LogP contribution in [0.3, 0.4) is 0 Å². The number of likely N-dealkylation sites (tertiary alicyclic amines) is 2. The minimum absolute atomic E-state index is 0.00173. The van der Waals surface area contributed by atoms with Gasteiger partial charge in [0.2, 0.25) is 23.6 Å². The maximum absolute atomic E-state index is 14.3. The van der Waals surface area contributed by atoms with E-state index in [0.29, 0.717) is 74.8 Å². The van der Waals surface area contributed by atoms with Crippen molar-refractivity contribution >= 4 is 35.0 Å². The van der Waals surface area contributed by atoms with Gasteiger partial charge in [0.25, 0.3) is 11.1 Å². The number of nitrogens with zero attached hydrogens (tertiary/aromatic N) is 6. The van der Waals surface area contributed by atoms with Gasteiger partial charge in [0.05, 0.1) is 24.5 Å². The van der Waals surface area contributed by atoms with E-state index in [4.69, 9.17) is 0 Å². The first-order valence-corrected chi connectivity index (χ1v) is 32.7. The quantitative estimate of drug-likeness (QED) is 0.0538. The number of hydrogen-bond donors (Lipinski definition) is 6. The highest BCUT2D eigenvalue weighted by atomic mass is 19.1. The summed E-state index contributed by atoms with van der Waals surface area (Å²) in [6.45, 7) is 23.0. The second kappa shape index (κ2) is 27.9. The molecule has 4 amide bonds. The highest BCUT2D eigenvalue weighted by Gasteiger charge is 2.43. The Morgan fingerprint density at radius 2 is 0.889 bits per heavy atom. The molecule has 6 aliphatic heterocycles. The van der Waals surface area contributed by atoms with Crippen LogP contribution in [-0.2, 0) is 55.9 Å². The highest BCUT2D eigenvalue weighted by molar-refractivity contribution is 5.98. The molecule has 90 heavy (non-hydrogen) atoms. The number of fused-ring (bicyclic) bond motifs is 2. The number of aromatic nitrogens is 2. The molecule has 0 spiro atoms. The monoisotopic (exact) mass is 1230 g/mol. The Morgan fingerprint density at radius 1 is 0.533 bits per heavy atom. The molecule has 4 saturated heterocycles. The van der Waals surface area contributed by atoms with E-state index in [1.807, 2.05) is 73.9 Å². The number of halogens is 2. The van der Waals surface area contributed by atoms with Gasteiger partial charge in [-0.2, -0.15) is 0 Å². The molecule has 18 nitrogen and oxygen atoms in total. The summed E-state index contributed by atoms with van der Waals surface area (Å²) in [4.78, 5) is 101. The Balaban J connectivity index is 0.576. The number of benzene rings is 3. The van der Waals surface area contributed by atoms with Gasteiger partial charge in [0, 0.05) is 149 Å². The maximum atomic E-state index is 14.3. The Morgan fingerprint density at radius 3 is 1.26 bits per heavy atom. The average Bonchev–Trinajstić information content (AvgIpc) is 1.65. The first-order valence-electron chi connectivity index (χ1n) is 32.7. The van der Waals surface area contributed by atoms with Gasteiger partial charge < -0.3 is 50.8 Å². The lowest BCUT2D eigenvalue weighted by molar-refractivity contribution is -0.123. The summed E-state index contributed by atoms with van der Waals surface area (Å²) in [7, 11) is 0. The zero-order valence-corrected chi connectivity index (χ0v) is 53.4. The molecular formula is C70H92F2N12O6. The number of anilines is 2. The number of carbonyl (C=O) groups excluding carboxylic acids is 4. The number of H-pyrrole nitrogens is 2. The lowest BCUT2D eigenvalue weighted by Gasteiger charge is -2.43. The van der Waals surface area contributed by atoms with Crippen LogP contribution in [0.1, 0.15) is 125 Å². The summed E-state index contributed by atoms with van der Waals surface area (Å²) in [5, 5.41) is 13.5. The Bertz CT molecular complexity index is 3260. The Hall–Kier alpha value is -6.94. The largest absolute Gasteiger partial charge is 0.352 e. The number of amides is 4. The van der Waals surface area contributed by atoms with Gasteiger partial charge in [-0.3, -0.25) is 38.6 Å². The summed E-state index contributed by atoms with van der Waals surface area (Å²) in [5.41, 5.74) is 6.46. The van der Waals surface area contributed by atoms with Crippen molar-refractivity contribution in [2.24, 2.45) is 11.8 Å². The van der Waals surface area contributed by atoms with Crippen LogP contribution in [0.5, 0.6) is 0 Å². The fourth-order valence-electron chi connectivity index (χ4n) is 14.6. The topological polar surface area (TPSA) is 202 Å². The molecule has 0 saturated carbocycles. The molecule has 6 N–H and O–H groups in total. The van der Waals surface area contributed by atoms with E-state index in [2.05, 4.69) is 64.7 Å². The van der Waals surface area contributed by atoms with Gasteiger partial charge in [-0.15, -0.1) is 0 Å². The SMILES string of the molecule is C[C@@H]1CN(CC(=O)N2CC(C)(C)c3[nH]c(=O)c(Cc4ccc(F)cc4)cc32)[C@@H](CN2CCC(CC(=O)NCc3ccc(CNC(=O)CC4CCN(C[C@H]5CN[C@H](C)CN5CC(=O)N5CC(C)(C)c6[nH]c(=O)c(Cc7ccc(F)cc7)cc65)CC4)cc3)CC2)CN1. The first-order chi connectivity index (χ1) is 43.1. The van der Waals surface area contributed by atoms with Gasteiger partial charge in [-0.25, -0.2) is 8.78 Å². The van der Waals surface area contributed by atoms with E-state index in [0.717, 1.165) is 136 Å². The van der Waals surface area contributed by atoms with E-state index in [1.165, 1.54) is 24.3 Å². The fourth-order valence-corrected chi connectivity index (χ4v) is 14.6. The molecule has 0 unspecified atom stereocenters. The lowest BCUT2D eigenvalue weighted by atomic mass is 9.91. The predicted molar refractivity (Wildman–Crippen MR) is 347 cm³/mol. The summed E-state index contributed by atoms with van der Waals surface area (Å²) >= 11 is 0. The molecule has 0 aliphatic carbocycles. The van der Waals surface area contributed by atoms with Gasteiger partial charge in [0.1, 0.15) is 11.6 Å². The molecule has 4 atom stereocenters. The minimum Gasteiger partial charge on any atom is -0.352 e. The van der Waals surface area contributed by atoms with Gasteiger partial charge in [-0.1, -0.05) is 76.2 Å². The fraction of sp³-hybridized carbons (Fsp3) is 0.543. The van der Waals surface area contributed by atoms with E-state index in [-0.39, 0.29) is 83.6 Å². The number of pyridine rings is 2. The summed E-state index contributed by atoms with van der Waals surface area (Å²) < 4.78 is 27.3. The zero-order valence-electron chi connectivity index (χ0n) is 53.4. The highest BCUT2D eigenvalue weighted by Crippen LogP contribution is 2.41. The molecular weight excluding hydrogens is 1140 g/mol. The third-order valence-corrected chi connectivity index (χ3v) is 19.9. The standard InChI is InChI=1S/C70H92F2N12O6/c1-45-37-81(41-63(87)83-43-69(3,4)65-59(83)31-53(67(89)77-65)27-47-11-15-55(71)16-12-47)57(35-73-45)39-79-23-19-49(20-24-79)29-61(85)75-33-51-7-9-52(10-8-51)34-76-62(86)30-50-21-25-80(26-22-50)40-58-36-74-46(2)38-82(58)42-64(88)84-44-70(5,6)66-60(84)32-54(68(90)78-66)28-48-13-17-56(72)18-14-48/h7-18,31-32,45-46,49-50,57-58,73-74H,19-30,33-44H2,1-6H3,(H,75,85)(H,76,86)(H,77,89)(H,78,90)/t45-,46-,57-,58-/m1/s1. The summed E-state index contributed by atoms with van der Waals surface area (Å²) in [6.07, 6.45) is 5.33. The van der Waals surface area contributed by atoms with Crippen LogP contribution in [0.25, 0.3) is 0 Å². The number of carbonyl (C=O) groups is 4. The van der Waals surface area contributed by atoms with E-state index in [1.54, 1.807) is 24.3 Å². The average molecular weight is 1240 g/mol. The number of piperazine rings is 2. The second-order valence-corrected chi connectivity index (χ2v) is 28.2. The van der Waals surface area contributed by atoms with Gasteiger partial charge >= 0.3 is 0 Å². The molecule has 3 aromatic carbocycles. The molecule has 8 heterocycles. The number of nitrogens with one attached hydrogen (secondary N) is 6. The number of aromatic amines is 2. The van der Waals surface area contributed by atoms with Crippen LogP contribution < -0.4 is 42.2 Å². The van der Waals surface area contributed by atoms with Gasteiger partial charge in [-0.05, 0) is 136 Å². The van der Waals surface area contributed by atoms with Crippen LogP contribution in [0.2, 0.25) is 0 Å². The van der Waals surface area contributed by atoms with E-state index in [9.17, 15) is 37.5 Å². The zero-order chi connectivity index (χ0) is 63.4. The molecule has 6 aliphatic rings. The Kier molecular flexibility index (Phi) is 20.0. The van der Waals surface area contributed by atoms with Crippen molar-refractivity contribution in [3.8, 4) is 0 Å². The normalized spacial score (nSPS) is 22.5. The van der Waals surface area contributed by atoms with Crippen molar-refractivity contribution in [2.45, 2.75) is 141 Å². The van der Waals surface area contributed by atoms with Crippen molar-refractivity contribution < 1.29 is 28.0 Å². The molecule has 4 fully saturated rings. The van der Waals surface area contributed by atoms with Crippen molar-refractivity contribution in [1.29, 1.82) is 0 Å². The Labute approximate surface area is 527 Å².